The standard InChI is InChI=1S/C50H84N4O36/c1-12(61)51-23-33(71)27(65)16(5-55)80-46(23)89-42-30(68)19(8-58)83-49(37(42)75)86-39-21(10-60)85-45(24(34(39)72)52-13(2)62)78-11-22-32(70)40(25(44(77)79-22)53-14(3)63)87-50-38(76)43(31(69)20(9-59)84-50)90-47-26(54-15(4)64)41(29(67)18(7-57)81-47)88-48-36(74)35(73)28(66)17(6-56)82-48/h16-50,55-60,65-77H,5-11H2,1-4H3,(H,51,61)(H,52,62)(H,53,63)(H,54,64)/t16-,17-,18-,19-,20-,21-,22-,23-,24-,25-,26-,27-,28+,29-,30+,31+,32+,33-,34-,35+,36-,37-,38-,39-,40-,41-,42+,43+,44-,45-,46+,47+,48+,49+,50+/m1/s1. The largest absolute Gasteiger partial charge is 0.394 e. The molecule has 7 saturated heterocycles. The Bertz CT molecular complexity index is 2310. The minimum Gasteiger partial charge on any atom is -0.394 e. The van der Waals surface area contributed by atoms with E-state index in [0.29, 0.717) is 0 Å². The summed E-state index contributed by atoms with van der Waals surface area (Å²) in [6, 6.07) is -6.87. The molecule has 7 aliphatic heterocycles. The van der Waals surface area contributed by atoms with Gasteiger partial charge in [-0.3, -0.25) is 19.2 Å². The van der Waals surface area contributed by atoms with Crippen LogP contribution >= 0.6 is 0 Å². The number of aliphatic hydroxyl groups is 19. The molecular weight excluding hydrogens is 1230 g/mol. The highest BCUT2D eigenvalue weighted by Crippen LogP contribution is 2.37. The Labute approximate surface area is 510 Å². The summed E-state index contributed by atoms with van der Waals surface area (Å²) in [6.07, 6.45) is -59.5. The Morgan fingerprint density at radius 2 is 0.600 bits per heavy atom. The van der Waals surface area contributed by atoms with E-state index in [1.807, 2.05) is 0 Å². The predicted molar refractivity (Wildman–Crippen MR) is 278 cm³/mol. The van der Waals surface area contributed by atoms with Crippen molar-refractivity contribution in [3.63, 3.8) is 0 Å². The quantitative estimate of drug-likeness (QED) is 0.0452. The lowest BCUT2D eigenvalue weighted by molar-refractivity contribution is -0.377. The molecule has 0 saturated carbocycles. The Morgan fingerprint density at radius 1 is 0.289 bits per heavy atom. The van der Waals surface area contributed by atoms with E-state index in [1.54, 1.807) is 0 Å². The minimum absolute atomic E-state index is 0.756. The molecule has 7 rings (SSSR count). The monoisotopic (exact) mass is 1320 g/mol. The fourth-order valence-electron chi connectivity index (χ4n) is 11.5. The lowest BCUT2D eigenvalue weighted by Gasteiger charge is -2.50. The SMILES string of the molecule is CC(=O)N[C@@H]1[C@@H](O[C@@H]2O[C@H](CO)[C@H](O)[C@H](O[C@@H]3O[C@H](CO)[C@@H](O)[C@H](O[C@@H]4O[C@H](CO)[C@H](O)[C@H](O)[C@H]4O)[C@H]3NC(C)=O)[C@H]2O)[C@@H](O)[C@@H](CO[C@@H]2O[C@H](CO)[C@@H](O[C@@H]3O[C@H](CO)[C@H](O)[C@H](O[C@@H]4O[C@H](CO)[C@@H](O)[C@H](O)[C@H]4NC(C)=O)[C@H]3O)[C@H](O)[C@H]2NC(C)=O)O[C@H]1O. The average molecular weight is 1320 g/mol. The van der Waals surface area contributed by atoms with Crippen LogP contribution in [-0.4, -0.2) is 382 Å². The average Bonchev–Trinajstić information content (AvgIpc) is 0.931. The minimum atomic E-state index is -2.29. The van der Waals surface area contributed by atoms with E-state index >= 15 is 0 Å². The van der Waals surface area contributed by atoms with Crippen molar-refractivity contribution < 1.29 is 178 Å². The third-order valence-corrected chi connectivity index (χ3v) is 16.1. The lowest BCUT2D eigenvalue weighted by Crippen LogP contribution is -2.70. The van der Waals surface area contributed by atoms with Crippen molar-refractivity contribution >= 4 is 23.6 Å². The van der Waals surface area contributed by atoms with Crippen LogP contribution in [0.15, 0.2) is 0 Å². The van der Waals surface area contributed by atoms with Gasteiger partial charge in [0.15, 0.2) is 44.0 Å². The van der Waals surface area contributed by atoms with Crippen LogP contribution in [0.2, 0.25) is 0 Å². The van der Waals surface area contributed by atoms with Crippen molar-refractivity contribution in [2.75, 3.05) is 46.2 Å². The first-order valence-electron chi connectivity index (χ1n) is 28.6. The van der Waals surface area contributed by atoms with Crippen LogP contribution in [0.3, 0.4) is 0 Å². The summed E-state index contributed by atoms with van der Waals surface area (Å²) in [5.41, 5.74) is 0. The molecular formula is C50H84N4O36. The molecule has 7 fully saturated rings. The van der Waals surface area contributed by atoms with Gasteiger partial charge in [-0.2, -0.15) is 0 Å². The molecule has 23 N–H and O–H groups in total. The van der Waals surface area contributed by atoms with E-state index in [2.05, 4.69) is 21.3 Å². The van der Waals surface area contributed by atoms with Crippen LogP contribution in [-0.2, 0) is 80.8 Å². The highest BCUT2D eigenvalue weighted by atomic mass is 16.8. The van der Waals surface area contributed by atoms with Crippen molar-refractivity contribution in [3.8, 4) is 0 Å². The van der Waals surface area contributed by atoms with Gasteiger partial charge < -0.3 is 180 Å². The molecule has 7 heterocycles. The summed E-state index contributed by atoms with van der Waals surface area (Å²) in [4.78, 5) is 50.1. The van der Waals surface area contributed by atoms with Crippen LogP contribution in [0.25, 0.3) is 0 Å². The molecule has 0 aromatic rings. The van der Waals surface area contributed by atoms with E-state index in [1.165, 1.54) is 0 Å². The van der Waals surface area contributed by atoms with Gasteiger partial charge in [-0.1, -0.05) is 0 Å². The van der Waals surface area contributed by atoms with Crippen LogP contribution in [0.4, 0.5) is 0 Å². The summed E-state index contributed by atoms with van der Waals surface area (Å²) in [5.74, 6) is -3.32. The van der Waals surface area contributed by atoms with Crippen LogP contribution in [0, 0.1) is 0 Å². The second kappa shape index (κ2) is 32.4. The Morgan fingerprint density at radius 3 is 1.04 bits per heavy atom. The molecule has 0 aromatic carbocycles. The van der Waals surface area contributed by atoms with Gasteiger partial charge in [0.05, 0.1) is 46.2 Å². The van der Waals surface area contributed by atoms with Gasteiger partial charge in [0.1, 0.15) is 171 Å². The molecule has 7 aliphatic rings. The molecule has 0 bridgehead atoms. The van der Waals surface area contributed by atoms with Crippen LogP contribution < -0.4 is 21.3 Å². The van der Waals surface area contributed by atoms with Gasteiger partial charge in [-0.25, -0.2) is 0 Å². The van der Waals surface area contributed by atoms with Gasteiger partial charge in [0, 0.05) is 27.7 Å². The van der Waals surface area contributed by atoms with Gasteiger partial charge in [0.2, 0.25) is 23.6 Å². The van der Waals surface area contributed by atoms with Gasteiger partial charge in [-0.05, 0) is 0 Å². The molecule has 40 heteroatoms. The summed E-state index contributed by atoms with van der Waals surface area (Å²) in [5, 5.41) is 216. The first-order valence-corrected chi connectivity index (χ1v) is 28.6. The molecule has 40 nitrogen and oxygen atoms in total. The number of amides is 4. The Kier molecular flexibility index (Phi) is 26.6. The number of carbonyl (C=O) groups excluding carboxylic acids is 4. The Balaban J connectivity index is 1.09. The number of rotatable bonds is 23. The van der Waals surface area contributed by atoms with Gasteiger partial charge >= 0.3 is 0 Å². The third-order valence-electron chi connectivity index (χ3n) is 16.1. The molecule has 35 atom stereocenters. The van der Waals surface area contributed by atoms with E-state index in [4.69, 9.17) is 61.6 Å². The topological polar surface area (TPSA) is 621 Å². The van der Waals surface area contributed by atoms with Gasteiger partial charge in [0.25, 0.3) is 0 Å². The molecule has 0 radical (unpaired) electrons. The van der Waals surface area contributed by atoms with Crippen LogP contribution in [0.5, 0.6) is 0 Å². The van der Waals surface area contributed by atoms with Crippen molar-refractivity contribution in [2.24, 2.45) is 0 Å². The van der Waals surface area contributed by atoms with Crippen molar-refractivity contribution in [3.05, 3.63) is 0 Å². The second-order valence-electron chi connectivity index (χ2n) is 22.5. The van der Waals surface area contributed by atoms with Crippen LogP contribution in [0.1, 0.15) is 27.7 Å². The zero-order chi connectivity index (χ0) is 66.5. The van der Waals surface area contributed by atoms with E-state index < -0.39 is 285 Å². The summed E-state index contributed by atoms with van der Waals surface area (Å²) in [7, 11) is 0. The smallest absolute Gasteiger partial charge is 0.217 e. The zero-order valence-corrected chi connectivity index (χ0v) is 48.6. The molecule has 0 unspecified atom stereocenters. The molecule has 0 aliphatic carbocycles. The molecule has 90 heavy (non-hydrogen) atoms. The summed E-state index contributed by atoms with van der Waals surface area (Å²) < 4.78 is 75.3. The number of aliphatic hydroxyl groups excluding tert-OH is 19. The Hall–Kier alpha value is -3.40. The summed E-state index contributed by atoms with van der Waals surface area (Å²) >= 11 is 0. The van der Waals surface area contributed by atoms with Crippen molar-refractivity contribution in [1.29, 1.82) is 0 Å². The number of hydrogen-bond donors (Lipinski definition) is 23. The zero-order valence-electron chi connectivity index (χ0n) is 48.6. The molecule has 0 aromatic heterocycles. The van der Waals surface area contributed by atoms with Crippen molar-refractivity contribution in [2.45, 2.75) is 242 Å². The highest BCUT2D eigenvalue weighted by molar-refractivity contribution is 5.74. The van der Waals surface area contributed by atoms with E-state index in [9.17, 15) is 116 Å². The highest BCUT2D eigenvalue weighted by Gasteiger charge is 2.59. The lowest BCUT2D eigenvalue weighted by atomic mass is 9.94. The molecule has 4 amide bonds. The van der Waals surface area contributed by atoms with Crippen molar-refractivity contribution in [1.82, 2.24) is 21.3 Å². The van der Waals surface area contributed by atoms with Gasteiger partial charge in [-0.15, -0.1) is 0 Å². The molecule has 0 spiro atoms. The number of nitrogens with one attached hydrogen (secondary N) is 4. The summed E-state index contributed by atoms with van der Waals surface area (Å²) in [6.45, 7) is -2.78. The fourth-order valence-corrected chi connectivity index (χ4v) is 11.5. The second-order valence-corrected chi connectivity index (χ2v) is 22.5. The maximum Gasteiger partial charge on any atom is 0.217 e. The first-order chi connectivity index (χ1) is 42.5. The third kappa shape index (κ3) is 16.4. The first kappa shape index (κ1) is 74.0. The fraction of sp³-hybridized carbons (Fsp3) is 0.920. The number of hydrogen-bond acceptors (Lipinski definition) is 36. The maximum absolute atomic E-state index is 12.7. The normalized spacial score (nSPS) is 47.6. The molecule has 520 valence electrons. The van der Waals surface area contributed by atoms with E-state index in [0.717, 1.165) is 27.7 Å². The predicted octanol–water partition coefficient (Wildman–Crippen LogP) is -15.7. The number of carbonyl (C=O) groups is 4. The van der Waals surface area contributed by atoms with E-state index in [-0.39, 0.29) is 0 Å². The number of ether oxygens (including phenoxy) is 13. The maximum atomic E-state index is 12.7.